The highest BCUT2D eigenvalue weighted by molar-refractivity contribution is 6.30. The predicted molar refractivity (Wildman–Crippen MR) is 72.8 cm³/mol. The molecule has 1 aliphatic rings. The standard InChI is InChI=1S/C10H11ClN4.2ClH/c11-10-7-1-4-12-5-2-8(7)14-9-3-6-13-15(9)10;;/h3,6,12H,1-2,4-5H2;2*1H. The van der Waals surface area contributed by atoms with Gasteiger partial charge in [0.2, 0.25) is 0 Å². The van der Waals surface area contributed by atoms with Crippen molar-refractivity contribution in [3.8, 4) is 0 Å². The van der Waals surface area contributed by atoms with Crippen molar-refractivity contribution in [2.24, 2.45) is 0 Å². The van der Waals surface area contributed by atoms with Gasteiger partial charge in [0.25, 0.3) is 0 Å². The maximum Gasteiger partial charge on any atom is 0.156 e. The Balaban J connectivity index is 0.000000722. The van der Waals surface area contributed by atoms with Crippen molar-refractivity contribution in [2.45, 2.75) is 12.8 Å². The second-order valence-corrected chi connectivity index (χ2v) is 4.04. The monoisotopic (exact) mass is 294 g/mol. The average Bonchev–Trinajstić information content (AvgIpc) is 2.56. The number of rotatable bonds is 0. The van der Waals surface area contributed by atoms with E-state index in [9.17, 15) is 0 Å². The number of hydrogen-bond donors (Lipinski definition) is 1. The van der Waals surface area contributed by atoms with Gasteiger partial charge in [-0.3, -0.25) is 0 Å². The highest BCUT2D eigenvalue weighted by Gasteiger charge is 2.15. The number of nitrogens with one attached hydrogen (secondary N) is 1. The smallest absolute Gasteiger partial charge is 0.156 e. The van der Waals surface area contributed by atoms with Crippen LogP contribution in [0.25, 0.3) is 5.65 Å². The first-order valence-electron chi connectivity index (χ1n) is 5.08. The van der Waals surface area contributed by atoms with Crippen LogP contribution < -0.4 is 5.32 Å². The molecule has 0 radical (unpaired) electrons. The molecule has 3 heterocycles. The molecule has 0 bridgehead atoms. The first-order chi connectivity index (χ1) is 7.36. The number of aromatic nitrogens is 3. The molecule has 0 spiro atoms. The molecule has 0 saturated heterocycles. The predicted octanol–water partition coefficient (Wildman–Crippen LogP) is 1.91. The van der Waals surface area contributed by atoms with Gasteiger partial charge in [0.15, 0.2) is 5.65 Å². The number of hydrogen-bond acceptors (Lipinski definition) is 3. The molecule has 0 saturated carbocycles. The zero-order valence-corrected chi connectivity index (χ0v) is 11.4. The molecule has 0 aromatic carbocycles. The van der Waals surface area contributed by atoms with Crippen molar-refractivity contribution in [3.63, 3.8) is 0 Å². The molecular formula is C10H13Cl3N4. The molecule has 1 aliphatic heterocycles. The van der Waals surface area contributed by atoms with Crippen LogP contribution in [0, 0.1) is 0 Å². The van der Waals surface area contributed by atoms with E-state index in [-0.39, 0.29) is 24.8 Å². The fourth-order valence-corrected chi connectivity index (χ4v) is 2.32. The lowest BCUT2D eigenvalue weighted by Crippen LogP contribution is -2.16. The van der Waals surface area contributed by atoms with Gasteiger partial charge < -0.3 is 5.32 Å². The molecule has 0 amide bonds. The average molecular weight is 296 g/mol. The molecule has 0 unspecified atom stereocenters. The fourth-order valence-electron chi connectivity index (χ4n) is 1.98. The summed E-state index contributed by atoms with van der Waals surface area (Å²) in [5.74, 6) is 0. The van der Waals surface area contributed by atoms with Crippen molar-refractivity contribution >= 4 is 42.1 Å². The quantitative estimate of drug-likeness (QED) is 0.755. The topological polar surface area (TPSA) is 42.2 Å². The van der Waals surface area contributed by atoms with Crippen LogP contribution in [-0.2, 0) is 12.8 Å². The second-order valence-electron chi connectivity index (χ2n) is 3.68. The van der Waals surface area contributed by atoms with Crippen LogP contribution in [0.2, 0.25) is 5.15 Å². The van der Waals surface area contributed by atoms with E-state index in [1.54, 1.807) is 10.7 Å². The van der Waals surface area contributed by atoms with Crippen molar-refractivity contribution in [1.82, 2.24) is 19.9 Å². The zero-order valence-electron chi connectivity index (χ0n) is 9.02. The lowest BCUT2D eigenvalue weighted by atomic mass is 10.1. The summed E-state index contributed by atoms with van der Waals surface area (Å²) in [7, 11) is 0. The van der Waals surface area contributed by atoms with E-state index in [0.29, 0.717) is 5.15 Å². The minimum atomic E-state index is 0. The Morgan fingerprint density at radius 3 is 2.82 bits per heavy atom. The van der Waals surface area contributed by atoms with Crippen molar-refractivity contribution in [3.05, 3.63) is 28.7 Å². The summed E-state index contributed by atoms with van der Waals surface area (Å²) in [5.41, 5.74) is 3.08. The van der Waals surface area contributed by atoms with Crippen LogP contribution >= 0.6 is 36.4 Å². The van der Waals surface area contributed by atoms with Gasteiger partial charge >= 0.3 is 0 Å². The molecule has 17 heavy (non-hydrogen) atoms. The first-order valence-corrected chi connectivity index (χ1v) is 5.46. The summed E-state index contributed by atoms with van der Waals surface area (Å²) >= 11 is 6.31. The SMILES string of the molecule is Cl.Cl.Clc1c2c(nc3ccnn13)CCNCC2. The van der Waals surface area contributed by atoms with Crippen molar-refractivity contribution in [2.75, 3.05) is 13.1 Å². The molecule has 94 valence electrons. The first kappa shape index (κ1) is 14.5. The summed E-state index contributed by atoms with van der Waals surface area (Å²) in [5, 5.41) is 8.21. The molecule has 1 N–H and O–H groups in total. The zero-order chi connectivity index (χ0) is 10.3. The van der Waals surface area contributed by atoms with Gasteiger partial charge in [-0.2, -0.15) is 5.10 Å². The Morgan fingerprint density at radius 2 is 2.00 bits per heavy atom. The Bertz CT molecular complexity index is 511. The van der Waals surface area contributed by atoms with Gasteiger partial charge in [-0.1, -0.05) is 11.6 Å². The van der Waals surface area contributed by atoms with Gasteiger partial charge in [0, 0.05) is 24.6 Å². The Kier molecular flexibility index (Phi) is 5.01. The van der Waals surface area contributed by atoms with Crippen molar-refractivity contribution < 1.29 is 0 Å². The van der Waals surface area contributed by atoms with Crippen LogP contribution in [0.5, 0.6) is 0 Å². The summed E-state index contributed by atoms with van der Waals surface area (Å²) in [6.45, 7) is 1.93. The minimum absolute atomic E-state index is 0. The summed E-state index contributed by atoms with van der Waals surface area (Å²) < 4.78 is 1.70. The number of nitrogens with zero attached hydrogens (tertiary/aromatic N) is 3. The van der Waals surface area contributed by atoms with E-state index < -0.39 is 0 Å². The molecule has 4 nitrogen and oxygen atoms in total. The van der Waals surface area contributed by atoms with E-state index in [4.69, 9.17) is 11.6 Å². The Labute approximate surface area is 117 Å². The molecular weight excluding hydrogens is 282 g/mol. The van der Waals surface area contributed by atoms with E-state index in [2.05, 4.69) is 15.4 Å². The van der Waals surface area contributed by atoms with Gasteiger partial charge in [-0.15, -0.1) is 24.8 Å². The summed E-state index contributed by atoms with van der Waals surface area (Å²) in [6, 6.07) is 1.88. The third-order valence-electron chi connectivity index (χ3n) is 2.75. The lowest BCUT2D eigenvalue weighted by molar-refractivity contribution is 0.708. The van der Waals surface area contributed by atoms with Gasteiger partial charge in [0.1, 0.15) is 5.15 Å². The van der Waals surface area contributed by atoms with Gasteiger partial charge in [0.05, 0.1) is 11.9 Å². The Morgan fingerprint density at radius 1 is 1.24 bits per heavy atom. The van der Waals surface area contributed by atoms with Crippen LogP contribution in [0.4, 0.5) is 0 Å². The molecule has 0 atom stereocenters. The van der Waals surface area contributed by atoms with E-state index in [1.165, 1.54) is 0 Å². The third-order valence-corrected chi connectivity index (χ3v) is 3.13. The van der Waals surface area contributed by atoms with Gasteiger partial charge in [-0.05, 0) is 13.0 Å². The maximum atomic E-state index is 6.31. The summed E-state index contributed by atoms with van der Waals surface area (Å²) in [4.78, 5) is 4.57. The number of halogens is 3. The minimum Gasteiger partial charge on any atom is -0.316 e. The van der Waals surface area contributed by atoms with E-state index in [1.807, 2.05) is 6.07 Å². The molecule has 7 heteroatoms. The van der Waals surface area contributed by atoms with Crippen LogP contribution in [-0.4, -0.2) is 27.7 Å². The molecule has 2 aromatic rings. The lowest BCUT2D eigenvalue weighted by Gasteiger charge is -2.07. The van der Waals surface area contributed by atoms with E-state index >= 15 is 0 Å². The highest BCUT2D eigenvalue weighted by atomic mass is 35.5. The van der Waals surface area contributed by atoms with Crippen LogP contribution in [0.1, 0.15) is 11.3 Å². The Hall–Kier alpha value is -0.550. The normalized spacial score (nSPS) is 14.4. The van der Waals surface area contributed by atoms with Crippen molar-refractivity contribution in [1.29, 1.82) is 0 Å². The molecule has 2 aromatic heterocycles. The van der Waals surface area contributed by atoms with E-state index in [0.717, 1.165) is 42.8 Å². The highest BCUT2D eigenvalue weighted by Crippen LogP contribution is 2.22. The van der Waals surface area contributed by atoms with Crippen LogP contribution in [0.3, 0.4) is 0 Å². The van der Waals surface area contributed by atoms with Crippen LogP contribution in [0.15, 0.2) is 12.3 Å². The fraction of sp³-hybridized carbons (Fsp3) is 0.400. The molecule has 0 fully saturated rings. The number of fused-ring (bicyclic) bond motifs is 2. The van der Waals surface area contributed by atoms with Gasteiger partial charge in [-0.25, -0.2) is 9.50 Å². The largest absolute Gasteiger partial charge is 0.316 e. The molecule has 3 rings (SSSR count). The summed E-state index contributed by atoms with van der Waals surface area (Å²) in [6.07, 6.45) is 3.60. The molecule has 0 aliphatic carbocycles. The third kappa shape index (κ3) is 2.50. The second kappa shape index (κ2) is 5.87. The maximum absolute atomic E-state index is 6.31.